The second kappa shape index (κ2) is 5.71. The smallest absolute Gasteiger partial charge is 0.270 e. The zero-order valence-corrected chi connectivity index (χ0v) is 11.3. The van der Waals surface area contributed by atoms with E-state index in [0.717, 1.165) is 12.1 Å². The second-order valence-electron chi connectivity index (χ2n) is 4.17. The quantitative estimate of drug-likeness (QED) is 0.444. The van der Waals surface area contributed by atoms with Crippen molar-refractivity contribution < 1.29 is 18.1 Å². The first kappa shape index (κ1) is 14.7. The number of nitrogen functional groups attached to an aromatic ring is 1. The number of anilines is 1. The van der Waals surface area contributed by atoms with Crippen molar-refractivity contribution in [2.24, 2.45) is 0 Å². The first-order valence-electron chi connectivity index (χ1n) is 5.79. The lowest BCUT2D eigenvalue weighted by atomic mass is 10.3. The van der Waals surface area contributed by atoms with Crippen molar-refractivity contribution >= 4 is 21.4 Å². The highest BCUT2D eigenvalue weighted by molar-refractivity contribution is 7.89. The van der Waals surface area contributed by atoms with Crippen molar-refractivity contribution in [3.05, 3.63) is 28.3 Å². The van der Waals surface area contributed by atoms with Crippen LogP contribution < -0.4 is 10.6 Å². The van der Waals surface area contributed by atoms with Gasteiger partial charge in [0.2, 0.25) is 0 Å². The molecule has 2 rings (SSSR count). The number of non-ortho nitro benzene ring substituents is 1. The van der Waals surface area contributed by atoms with Crippen molar-refractivity contribution in [3.63, 3.8) is 0 Å². The van der Waals surface area contributed by atoms with Gasteiger partial charge in [0.15, 0.2) is 0 Å². The molecule has 1 aromatic carbocycles. The number of nitro groups is 1. The number of nitrogens with two attached hydrogens (primary N) is 1. The van der Waals surface area contributed by atoms with Crippen LogP contribution in [0.2, 0.25) is 0 Å². The van der Waals surface area contributed by atoms with E-state index in [0.29, 0.717) is 26.3 Å². The third-order valence-electron chi connectivity index (χ3n) is 2.76. The lowest BCUT2D eigenvalue weighted by Crippen LogP contribution is -2.48. The van der Waals surface area contributed by atoms with E-state index in [1.165, 1.54) is 11.1 Å². The second-order valence-corrected chi connectivity index (χ2v) is 5.80. The molecule has 0 aromatic heterocycles. The average molecular weight is 302 g/mol. The van der Waals surface area contributed by atoms with Gasteiger partial charge in [0.05, 0.1) is 23.8 Å². The standard InChI is InChI=1S/C10H14N4O5S/c11-9-2-1-8(14(15)16)7-10(9)20(17,18)12-13-3-5-19-6-4-13/h1-2,7,12H,3-6,11H2. The molecule has 20 heavy (non-hydrogen) atoms. The molecule has 3 N–H and O–H groups in total. The van der Waals surface area contributed by atoms with Gasteiger partial charge in [-0.05, 0) is 6.07 Å². The minimum Gasteiger partial charge on any atom is -0.398 e. The monoisotopic (exact) mass is 302 g/mol. The third-order valence-corrected chi connectivity index (χ3v) is 4.19. The number of ether oxygens (including phenoxy) is 1. The largest absolute Gasteiger partial charge is 0.398 e. The molecular weight excluding hydrogens is 288 g/mol. The first-order chi connectivity index (χ1) is 9.40. The van der Waals surface area contributed by atoms with Gasteiger partial charge in [-0.1, -0.05) is 0 Å². The van der Waals surface area contributed by atoms with Gasteiger partial charge in [0, 0.05) is 25.2 Å². The van der Waals surface area contributed by atoms with Crippen LogP contribution in [-0.4, -0.2) is 44.7 Å². The maximum atomic E-state index is 12.2. The summed E-state index contributed by atoms with van der Waals surface area (Å²) < 4.78 is 29.5. The Morgan fingerprint density at radius 3 is 2.60 bits per heavy atom. The summed E-state index contributed by atoms with van der Waals surface area (Å²) in [6.07, 6.45) is 0. The molecule has 0 radical (unpaired) electrons. The topological polar surface area (TPSA) is 128 Å². The molecule has 1 aromatic rings. The molecule has 1 aliphatic rings. The molecule has 0 aliphatic carbocycles. The number of nitro benzene ring substituents is 1. The predicted octanol–water partition coefficient (Wildman–Crippen LogP) is -0.298. The molecule has 1 aliphatic heterocycles. The van der Waals surface area contributed by atoms with Crippen molar-refractivity contribution in [2.75, 3.05) is 32.0 Å². The average Bonchev–Trinajstić information content (AvgIpc) is 2.39. The summed E-state index contributed by atoms with van der Waals surface area (Å²) >= 11 is 0. The van der Waals surface area contributed by atoms with Crippen LogP contribution in [0, 0.1) is 10.1 Å². The number of nitrogens with one attached hydrogen (secondary N) is 1. The Hall–Kier alpha value is -1.75. The summed E-state index contributed by atoms with van der Waals surface area (Å²) in [6.45, 7) is 1.61. The van der Waals surface area contributed by atoms with Gasteiger partial charge < -0.3 is 10.5 Å². The normalized spacial score (nSPS) is 17.0. The number of hydrogen-bond donors (Lipinski definition) is 2. The number of nitrogens with zero attached hydrogens (tertiary/aromatic N) is 2. The van der Waals surface area contributed by atoms with Gasteiger partial charge in [-0.25, -0.2) is 13.4 Å². The van der Waals surface area contributed by atoms with Crippen molar-refractivity contribution in [1.29, 1.82) is 0 Å². The predicted molar refractivity (Wildman–Crippen MR) is 70.2 cm³/mol. The maximum absolute atomic E-state index is 12.2. The zero-order valence-electron chi connectivity index (χ0n) is 10.5. The Balaban J connectivity index is 2.28. The molecule has 0 saturated carbocycles. The highest BCUT2D eigenvalue weighted by Gasteiger charge is 2.24. The minimum atomic E-state index is -3.96. The SMILES string of the molecule is Nc1ccc([N+](=O)[O-])cc1S(=O)(=O)NN1CCOCC1. The van der Waals surface area contributed by atoms with Crippen molar-refractivity contribution in [1.82, 2.24) is 9.84 Å². The fourth-order valence-electron chi connectivity index (χ4n) is 1.74. The number of sulfonamides is 1. The summed E-state index contributed by atoms with van der Waals surface area (Å²) in [5.74, 6) is 0. The Morgan fingerprint density at radius 2 is 2.00 bits per heavy atom. The van der Waals surface area contributed by atoms with Crippen LogP contribution in [-0.2, 0) is 14.8 Å². The maximum Gasteiger partial charge on any atom is 0.270 e. The molecule has 1 heterocycles. The van der Waals surface area contributed by atoms with Crippen LogP contribution in [0.5, 0.6) is 0 Å². The molecule has 0 atom stereocenters. The van der Waals surface area contributed by atoms with E-state index in [9.17, 15) is 18.5 Å². The number of rotatable bonds is 4. The number of hydrazine groups is 1. The fourth-order valence-corrected chi connectivity index (χ4v) is 3.02. The van der Waals surface area contributed by atoms with E-state index < -0.39 is 14.9 Å². The van der Waals surface area contributed by atoms with Gasteiger partial charge in [0.25, 0.3) is 15.7 Å². The molecule has 0 spiro atoms. The highest BCUT2D eigenvalue weighted by atomic mass is 32.2. The fraction of sp³-hybridized carbons (Fsp3) is 0.400. The molecule has 9 nitrogen and oxygen atoms in total. The molecule has 0 bridgehead atoms. The summed E-state index contributed by atoms with van der Waals surface area (Å²) in [4.78, 5) is 12.1. The summed E-state index contributed by atoms with van der Waals surface area (Å²) in [5.41, 5.74) is 5.22. The molecular formula is C10H14N4O5S. The first-order valence-corrected chi connectivity index (χ1v) is 7.27. The van der Waals surface area contributed by atoms with Crippen LogP contribution in [0.25, 0.3) is 0 Å². The molecule has 1 fully saturated rings. The Labute approximate surface area is 115 Å². The lowest BCUT2D eigenvalue weighted by molar-refractivity contribution is -0.385. The number of morpholine rings is 1. The minimum absolute atomic E-state index is 0.0450. The van der Waals surface area contributed by atoms with Crippen molar-refractivity contribution in [3.8, 4) is 0 Å². The van der Waals surface area contributed by atoms with Crippen LogP contribution in [0.3, 0.4) is 0 Å². The lowest BCUT2D eigenvalue weighted by Gasteiger charge is -2.26. The van der Waals surface area contributed by atoms with Gasteiger partial charge >= 0.3 is 0 Å². The molecule has 0 amide bonds. The summed E-state index contributed by atoms with van der Waals surface area (Å²) in [5, 5.41) is 12.2. The Bertz CT molecular complexity index is 612. The Kier molecular flexibility index (Phi) is 4.18. The van der Waals surface area contributed by atoms with Crippen LogP contribution in [0.4, 0.5) is 11.4 Å². The van der Waals surface area contributed by atoms with E-state index >= 15 is 0 Å². The van der Waals surface area contributed by atoms with E-state index in [1.807, 2.05) is 0 Å². The summed E-state index contributed by atoms with van der Waals surface area (Å²) in [6, 6.07) is 3.30. The highest BCUT2D eigenvalue weighted by Crippen LogP contribution is 2.24. The molecule has 10 heteroatoms. The van der Waals surface area contributed by atoms with E-state index in [-0.39, 0.29) is 16.3 Å². The summed E-state index contributed by atoms with van der Waals surface area (Å²) in [7, 11) is -3.96. The molecule has 1 saturated heterocycles. The van der Waals surface area contributed by atoms with Crippen LogP contribution in [0.1, 0.15) is 0 Å². The van der Waals surface area contributed by atoms with Crippen LogP contribution >= 0.6 is 0 Å². The van der Waals surface area contributed by atoms with E-state index in [4.69, 9.17) is 10.5 Å². The molecule has 110 valence electrons. The van der Waals surface area contributed by atoms with Crippen molar-refractivity contribution in [2.45, 2.75) is 4.90 Å². The van der Waals surface area contributed by atoms with Crippen LogP contribution in [0.15, 0.2) is 23.1 Å². The van der Waals surface area contributed by atoms with Gasteiger partial charge in [-0.3, -0.25) is 10.1 Å². The van der Waals surface area contributed by atoms with E-state index in [2.05, 4.69) is 4.83 Å². The number of hydrogen-bond acceptors (Lipinski definition) is 7. The number of benzene rings is 1. The van der Waals surface area contributed by atoms with Gasteiger partial charge in [-0.2, -0.15) is 0 Å². The van der Waals surface area contributed by atoms with E-state index in [1.54, 1.807) is 0 Å². The van der Waals surface area contributed by atoms with Gasteiger partial charge in [0.1, 0.15) is 4.90 Å². The third kappa shape index (κ3) is 3.22. The zero-order chi connectivity index (χ0) is 14.8. The molecule has 0 unspecified atom stereocenters. The van der Waals surface area contributed by atoms with Gasteiger partial charge in [-0.15, -0.1) is 4.83 Å². The Morgan fingerprint density at radius 1 is 1.35 bits per heavy atom.